The molecule has 0 spiro atoms. The van der Waals surface area contributed by atoms with E-state index in [1.165, 1.54) is 0 Å². The predicted octanol–water partition coefficient (Wildman–Crippen LogP) is 3.18. The van der Waals surface area contributed by atoms with Gasteiger partial charge in [-0.3, -0.25) is 0 Å². The lowest BCUT2D eigenvalue weighted by atomic mass is 10.2. The third-order valence-electron chi connectivity index (χ3n) is 2.74. The normalized spacial score (nSPS) is 19.8. The van der Waals surface area contributed by atoms with Crippen LogP contribution in [-0.4, -0.2) is 24.5 Å². The molecule has 1 aromatic heterocycles. The summed E-state index contributed by atoms with van der Waals surface area (Å²) in [7, 11) is 0. The monoisotopic (exact) mass is 271 g/mol. The van der Waals surface area contributed by atoms with Crippen LogP contribution in [0.2, 0.25) is 5.15 Å². The van der Waals surface area contributed by atoms with Gasteiger partial charge in [-0.15, -0.1) is 0 Å². The average Bonchev–Trinajstić information content (AvgIpc) is 2.40. The molecule has 1 unspecified atom stereocenters. The first-order chi connectivity index (χ1) is 8.79. The van der Waals surface area contributed by atoms with Crippen LogP contribution in [0.15, 0.2) is 12.1 Å². The molecule has 100 valence electrons. The van der Waals surface area contributed by atoms with Gasteiger partial charge >= 0.3 is 0 Å². The standard InChI is InChI=1S/C13H18ClNO3/c1-2-16-11-6-7-12(14)15-10(11)9-18-13-5-3-4-8-17-13/h6-7,13H,2-5,8-9H2,1H3. The van der Waals surface area contributed by atoms with E-state index < -0.39 is 0 Å². The van der Waals surface area contributed by atoms with E-state index in [0.29, 0.717) is 18.4 Å². The van der Waals surface area contributed by atoms with Gasteiger partial charge in [-0.05, 0) is 38.3 Å². The molecule has 0 bridgehead atoms. The Balaban J connectivity index is 1.95. The summed E-state index contributed by atoms with van der Waals surface area (Å²) >= 11 is 5.89. The van der Waals surface area contributed by atoms with Crippen LogP contribution < -0.4 is 4.74 Å². The lowest BCUT2D eigenvalue weighted by Crippen LogP contribution is -2.22. The molecule has 1 saturated heterocycles. The molecular formula is C13H18ClNO3. The van der Waals surface area contributed by atoms with Crippen molar-refractivity contribution in [3.05, 3.63) is 23.0 Å². The maximum atomic E-state index is 5.89. The Labute approximate surface area is 112 Å². The van der Waals surface area contributed by atoms with E-state index in [0.717, 1.165) is 37.3 Å². The van der Waals surface area contributed by atoms with Crippen LogP contribution in [0.3, 0.4) is 0 Å². The zero-order valence-corrected chi connectivity index (χ0v) is 11.3. The summed E-state index contributed by atoms with van der Waals surface area (Å²) in [5, 5.41) is 0.446. The average molecular weight is 272 g/mol. The van der Waals surface area contributed by atoms with E-state index in [9.17, 15) is 0 Å². The molecule has 0 radical (unpaired) electrons. The number of rotatable bonds is 5. The number of aromatic nitrogens is 1. The molecule has 0 aliphatic carbocycles. The van der Waals surface area contributed by atoms with Crippen LogP contribution in [0.5, 0.6) is 5.75 Å². The fourth-order valence-electron chi connectivity index (χ4n) is 1.87. The minimum atomic E-state index is -0.131. The maximum Gasteiger partial charge on any atom is 0.158 e. The molecule has 1 aliphatic rings. The highest BCUT2D eigenvalue weighted by Gasteiger charge is 2.16. The summed E-state index contributed by atoms with van der Waals surface area (Å²) < 4.78 is 16.7. The number of pyridine rings is 1. The number of hydrogen-bond donors (Lipinski definition) is 0. The molecular weight excluding hydrogens is 254 g/mol. The Morgan fingerprint density at radius 2 is 2.33 bits per heavy atom. The minimum absolute atomic E-state index is 0.131. The Hall–Kier alpha value is -0.840. The Kier molecular flexibility index (Phi) is 5.23. The summed E-state index contributed by atoms with van der Waals surface area (Å²) in [4.78, 5) is 4.24. The molecule has 0 saturated carbocycles. The quantitative estimate of drug-likeness (QED) is 0.771. The molecule has 2 rings (SSSR count). The second-order valence-corrected chi connectivity index (χ2v) is 4.51. The lowest BCUT2D eigenvalue weighted by molar-refractivity contribution is -0.169. The first-order valence-corrected chi connectivity index (χ1v) is 6.69. The number of halogens is 1. The first-order valence-electron chi connectivity index (χ1n) is 6.31. The van der Waals surface area contributed by atoms with E-state index in [-0.39, 0.29) is 6.29 Å². The molecule has 1 fully saturated rings. The third-order valence-corrected chi connectivity index (χ3v) is 2.95. The van der Waals surface area contributed by atoms with E-state index in [2.05, 4.69) is 4.98 Å². The fraction of sp³-hybridized carbons (Fsp3) is 0.615. The highest BCUT2D eigenvalue weighted by atomic mass is 35.5. The molecule has 4 nitrogen and oxygen atoms in total. The van der Waals surface area contributed by atoms with Crippen molar-refractivity contribution in [1.29, 1.82) is 0 Å². The van der Waals surface area contributed by atoms with Gasteiger partial charge in [0.2, 0.25) is 0 Å². The van der Waals surface area contributed by atoms with Crippen molar-refractivity contribution in [3.63, 3.8) is 0 Å². The predicted molar refractivity (Wildman–Crippen MR) is 68.8 cm³/mol. The van der Waals surface area contributed by atoms with Gasteiger partial charge in [0.1, 0.15) is 16.6 Å². The smallest absolute Gasteiger partial charge is 0.158 e. The van der Waals surface area contributed by atoms with Crippen molar-refractivity contribution in [2.24, 2.45) is 0 Å². The van der Waals surface area contributed by atoms with Crippen LogP contribution in [0.1, 0.15) is 31.9 Å². The second-order valence-electron chi connectivity index (χ2n) is 4.12. The number of hydrogen-bond acceptors (Lipinski definition) is 4. The van der Waals surface area contributed by atoms with Gasteiger partial charge < -0.3 is 14.2 Å². The van der Waals surface area contributed by atoms with Crippen molar-refractivity contribution in [1.82, 2.24) is 4.98 Å². The Morgan fingerprint density at radius 3 is 3.06 bits per heavy atom. The van der Waals surface area contributed by atoms with Crippen LogP contribution in [0, 0.1) is 0 Å². The van der Waals surface area contributed by atoms with Gasteiger partial charge in [-0.2, -0.15) is 0 Å². The summed E-state index contributed by atoms with van der Waals surface area (Å²) in [6.07, 6.45) is 3.06. The van der Waals surface area contributed by atoms with E-state index in [4.69, 9.17) is 25.8 Å². The molecule has 18 heavy (non-hydrogen) atoms. The molecule has 0 amide bonds. The van der Waals surface area contributed by atoms with Gasteiger partial charge in [0.25, 0.3) is 0 Å². The van der Waals surface area contributed by atoms with Gasteiger partial charge in [0.05, 0.1) is 13.2 Å². The van der Waals surface area contributed by atoms with Crippen molar-refractivity contribution in [3.8, 4) is 5.75 Å². The van der Waals surface area contributed by atoms with Crippen molar-refractivity contribution in [2.75, 3.05) is 13.2 Å². The van der Waals surface area contributed by atoms with Crippen molar-refractivity contribution < 1.29 is 14.2 Å². The van der Waals surface area contributed by atoms with Crippen molar-refractivity contribution >= 4 is 11.6 Å². The summed E-state index contributed by atoms with van der Waals surface area (Å²) in [5.74, 6) is 0.720. The summed E-state index contributed by atoms with van der Waals surface area (Å²) in [6, 6.07) is 3.53. The molecule has 1 atom stereocenters. The third kappa shape index (κ3) is 3.83. The number of nitrogens with zero attached hydrogens (tertiary/aromatic N) is 1. The number of ether oxygens (including phenoxy) is 3. The van der Waals surface area contributed by atoms with E-state index in [1.54, 1.807) is 6.07 Å². The largest absolute Gasteiger partial charge is 0.492 e. The van der Waals surface area contributed by atoms with Gasteiger partial charge in [-0.25, -0.2) is 4.98 Å². The lowest BCUT2D eigenvalue weighted by Gasteiger charge is -2.22. The SMILES string of the molecule is CCOc1ccc(Cl)nc1COC1CCCCO1. The van der Waals surface area contributed by atoms with Crippen LogP contribution in [-0.2, 0) is 16.1 Å². The maximum absolute atomic E-state index is 5.89. The van der Waals surface area contributed by atoms with Crippen LogP contribution in [0.4, 0.5) is 0 Å². The fourth-order valence-corrected chi connectivity index (χ4v) is 2.03. The zero-order chi connectivity index (χ0) is 12.8. The van der Waals surface area contributed by atoms with Crippen LogP contribution in [0.25, 0.3) is 0 Å². The first kappa shape index (κ1) is 13.6. The highest BCUT2D eigenvalue weighted by Crippen LogP contribution is 2.22. The molecule has 0 aromatic carbocycles. The van der Waals surface area contributed by atoms with Gasteiger partial charge in [0, 0.05) is 6.61 Å². The molecule has 0 N–H and O–H groups in total. The molecule has 5 heteroatoms. The van der Waals surface area contributed by atoms with Crippen molar-refractivity contribution in [2.45, 2.75) is 39.1 Å². The highest BCUT2D eigenvalue weighted by molar-refractivity contribution is 6.29. The van der Waals surface area contributed by atoms with Crippen LogP contribution >= 0.6 is 11.6 Å². The summed E-state index contributed by atoms with van der Waals surface area (Å²) in [6.45, 7) is 3.66. The van der Waals surface area contributed by atoms with E-state index in [1.807, 2.05) is 13.0 Å². The van der Waals surface area contributed by atoms with E-state index >= 15 is 0 Å². The van der Waals surface area contributed by atoms with Gasteiger partial charge in [0.15, 0.2) is 6.29 Å². The Bertz CT molecular complexity index is 380. The molecule has 2 heterocycles. The molecule has 1 aliphatic heterocycles. The summed E-state index contributed by atoms with van der Waals surface area (Å²) in [5.41, 5.74) is 0.721. The minimum Gasteiger partial charge on any atom is -0.492 e. The Morgan fingerprint density at radius 1 is 1.44 bits per heavy atom. The van der Waals surface area contributed by atoms with Gasteiger partial charge in [-0.1, -0.05) is 11.6 Å². The second kappa shape index (κ2) is 6.92. The molecule has 1 aromatic rings. The zero-order valence-electron chi connectivity index (χ0n) is 10.5. The topological polar surface area (TPSA) is 40.6 Å².